The Hall–Kier alpha value is -2.62. The highest BCUT2D eigenvalue weighted by Gasteiger charge is 2.11. The normalized spacial score (nSPS) is 10.4. The lowest BCUT2D eigenvalue weighted by Gasteiger charge is -2.07. The van der Waals surface area contributed by atoms with Gasteiger partial charge in [0.15, 0.2) is 0 Å². The van der Waals surface area contributed by atoms with Crippen LogP contribution in [0.4, 0.5) is 0 Å². The van der Waals surface area contributed by atoms with Crippen LogP contribution in [0.25, 0.3) is 0 Å². The molecule has 0 aromatic heterocycles. The summed E-state index contributed by atoms with van der Waals surface area (Å²) in [6.07, 6.45) is 4.12. The van der Waals surface area contributed by atoms with E-state index >= 15 is 0 Å². The van der Waals surface area contributed by atoms with Crippen LogP contribution in [0.3, 0.4) is 0 Å². The molecule has 0 heterocycles. The van der Waals surface area contributed by atoms with E-state index in [-0.39, 0.29) is 12.8 Å². The summed E-state index contributed by atoms with van der Waals surface area (Å²) < 4.78 is 10.5. The minimum Gasteiger partial charge on any atom is -0.427 e. The number of esters is 2. The highest BCUT2D eigenvalue weighted by atomic mass is 16.5. The number of carbonyl (C=O) groups excluding carboxylic acids is 2. The Bertz CT molecular complexity index is 638. The number of ether oxygens (including phenoxy) is 2. The van der Waals surface area contributed by atoms with Crippen LogP contribution in [0.5, 0.6) is 11.5 Å². The first-order chi connectivity index (χ1) is 12.6. The lowest BCUT2D eigenvalue weighted by atomic mass is 10.1. The fourth-order valence-corrected chi connectivity index (χ4v) is 2.59. The molecule has 0 aliphatic rings. The lowest BCUT2D eigenvalue weighted by Crippen LogP contribution is -2.14. The van der Waals surface area contributed by atoms with Crippen LogP contribution in [0.15, 0.2) is 48.5 Å². The third-order valence-corrected chi connectivity index (χ3v) is 3.92. The summed E-state index contributed by atoms with van der Waals surface area (Å²) in [5.41, 5.74) is 2.42. The molecule has 0 amide bonds. The fourth-order valence-electron chi connectivity index (χ4n) is 2.59. The van der Waals surface area contributed by atoms with E-state index < -0.39 is 11.9 Å². The van der Waals surface area contributed by atoms with Crippen molar-refractivity contribution in [3.63, 3.8) is 0 Å². The molecule has 2 rings (SSSR count). The van der Waals surface area contributed by atoms with Gasteiger partial charge in [-0.25, -0.2) is 0 Å². The van der Waals surface area contributed by atoms with Gasteiger partial charge in [-0.1, -0.05) is 51.0 Å². The zero-order valence-electron chi connectivity index (χ0n) is 15.5. The molecule has 4 heteroatoms. The van der Waals surface area contributed by atoms with Gasteiger partial charge in [0, 0.05) is 0 Å². The first kappa shape index (κ1) is 19.7. The summed E-state index contributed by atoms with van der Waals surface area (Å²) in [4.78, 5) is 23.7. The first-order valence-corrected chi connectivity index (χ1v) is 9.20. The van der Waals surface area contributed by atoms with Gasteiger partial charge in [0.2, 0.25) is 0 Å². The molecule has 4 nitrogen and oxygen atoms in total. The topological polar surface area (TPSA) is 52.6 Å². The summed E-state index contributed by atoms with van der Waals surface area (Å²) in [5.74, 6) is 0.108. The standard InChI is InChI=1S/C22H26O4/c1-3-5-17-7-11-19(12-8-17)25-21(23)15-16-22(24)26-20-13-9-18(6-4-2)10-14-20/h7-14H,3-6,15-16H2,1-2H3. The summed E-state index contributed by atoms with van der Waals surface area (Å²) in [7, 11) is 0. The third kappa shape index (κ3) is 6.71. The number of benzene rings is 2. The van der Waals surface area contributed by atoms with Gasteiger partial charge in [0.1, 0.15) is 11.5 Å². The van der Waals surface area contributed by atoms with Crippen molar-refractivity contribution < 1.29 is 19.1 Å². The second-order valence-electron chi connectivity index (χ2n) is 6.24. The van der Waals surface area contributed by atoms with Crippen molar-refractivity contribution in [2.75, 3.05) is 0 Å². The Morgan fingerprint density at radius 3 is 1.31 bits per heavy atom. The molecular weight excluding hydrogens is 328 g/mol. The van der Waals surface area contributed by atoms with Gasteiger partial charge in [-0.3, -0.25) is 9.59 Å². The molecular formula is C22H26O4. The van der Waals surface area contributed by atoms with E-state index in [1.165, 1.54) is 11.1 Å². The molecule has 0 atom stereocenters. The van der Waals surface area contributed by atoms with Crippen LogP contribution in [0.2, 0.25) is 0 Å². The molecule has 0 fully saturated rings. The Kier molecular flexibility index (Phi) is 7.87. The SMILES string of the molecule is CCCc1ccc(OC(=O)CCC(=O)Oc2ccc(CCC)cc2)cc1. The maximum Gasteiger partial charge on any atom is 0.311 e. The Morgan fingerprint density at radius 2 is 1.00 bits per heavy atom. The number of rotatable bonds is 9. The highest BCUT2D eigenvalue weighted by molar-refractivity contribution is 5.80. The fraction of sp³-hybridized carbons (Fsp3) is 0.364. The first-order valence-electron chi connectivity index (χ1n) is 9.20. The second kappa shape index (κ2) is 10.4. The molecule has 0 N–H and O–H groups in total. The zero-order chi connectivity index (χ0) is 18.8. The van der Waals surface area contributed by atoms with Gasteiger partial charge in [0.05, 0.1) is 12.8 Å². The average molecular weight is 354 g/mol. The monoisotopic (exact) mass is 354 g/mol. The van der Waals surface area contributed by atoms with Gasteiger partial charge in [0.25, 0.3) is 0 Å². The van der Waals surface area contributed by atoms with Crippen LogP contribution in [-0.2, 0) is 22.4 Å². The van der Waals surface area contributed by atoms with Gasteiger partial charge >= 0.3 is 11.9 Å². The number of aryl methyl sites for hydroxylation is 2. The highest BCUT2D eigenvalue weighted by Crippen LogP contribution is 2.16. The predicted molar refractivity (Wildman–Crippen MR) is 101 cm³/mol. The average Bonchev–Trinajstić information content (AvgIpc) is 2.64. The van der Waals surface area contributed by atoms with E-state index in [4.69, 9.17) is 9.47 Å². The third-order valence-electron chi connectivity index (χ3n) is 3.92. The lowest BCUT2D eigenvalue weighted by molar-refractivity contribution is -0.140. The van der Waals surface area contributed by atoms with Crippen molar-refractivity contribution in [1.82, 2.24) is 0 Å². The molecule has 0 radical (unpaired) electrons. The number of hydrogen-bond acceptors (Lipinski definition) is 4. The molecule has 0 bridgehead atoms. The second-order valence-corrected chi connectivity index (χ2v) is 6.24. The molecule has 0 aliphatic heterocycles. The number of carbonyl (C=O) groups is 2. The van der Waals surface area contributed by atoms with Crippen molar-refractivity contribution in [2.45, 2.75) is 52.4 Å². The Morgan fingerprint density at radius 1 is 0.654 bits per heavy atom. The zero-order valence-corrected chi connectivity index (χ0v) is 15.5. The Labute approximate surface area is 155 Å². The smallest absolute Gasteiger partial charge is 0.311 e. The van der Waals surface area contributed by atoms with E-state index in [0.29, 0.717) is 11.5 Å². The van der Waals surface area contributed by atoms with E-state index in [1.807, 2.05) is 24.3 Å². The molecule has 2 aromatic rings. The van der Waals surface area contributed by atoms with Crippen molar-refractivity contribution in [1.29, 1.82) is 0 Å². The quantitative estimate of drug-likeness (QED) is 0.475. The van der Waals surface area contributed by atoms with Crippen LogP contribution in [0, 0.1) is 0 Å². The van der Waals surface area contributed by atoms with Gasteiger partial charge in [-0.05, 0) is 48.2 Å². The maximum absolute atomic E-state index is 11.9. The molecule has 0 saturated heterocycles. The minimum absolute atomic E-state index is 0.0105. The summed E-state index contributed by atoms with van der Waals surface area (Å²) in [6.45, 7) is 4.24. The molecule has 0 unspecified atom stereocenters. The van der Waals surface area contributed by atoms with Gasteiger partial charge in [-0.15, -0.1) is 0 Å². The van der Waals surface area contributed by atoms with Crippen LogP contribution < -0.4 is 9.47 Å². The molecule has 26 heavy (non-hydrogen) atoms. The molecule has 0 aliphatic carbocycles. The van der Waals surface area contributed by atoms with E-state index in [9.17, 15) is 9.59 Å². The summed E-state index contributed by atoms with van der Waals surface area (Å²) in [6, 6.07) is 14.9. The van der Waals surface area contributed by atoms with Crippen molar-refractivity contribution in [2.24, 2.45) is 0 Å². The molecule has 138 valence electrons. The van der Waals surface area contributed by atoms with Gasteiger partial charge in [-0.2, -0.15) is 0 Å². The van der Waals surface area contributed by atoms with Gasteiger partial charge < -0.3 is 9.47 Å². The predicted octanol–water partition coefficient (Wildman–Crippen LogP) is 4.88. The van der Waals surface area contributed by atoms with E-state index in [1.54, 1.807) is 24.3 Å². The van der Waals surface area contributed by atoms with E-state index in [2.05, 4.69) is 13.8 Å². The van der Waals surface area contributed by atoms with Crippen LogP contribution in [-0.4, -0.2) is 11.9 Å². The van der Waals surface area contributed by atoms with Crippen LogP contribution in [0.1, 0.15) is 50.7 Å². The van der Waals surface area contributed by atoms with Crippen molar-refractivity contribution in [3.8, 4) is 11.5 Å². The van der Waals surface area contributed by atoms with Crippen molar-refractivity contribution >= 4 is 11.9 Å². The number of hydrogen-bond donors (Lipinski definition) is 0. The van der Waals surface area contributed by atoms with Crippen molar-refractivity contribution in [3.05, 3.63) is 59.7 Å². The van der Waals surface area contributed by atoms with Crippen LogP contribution >= 0.6 is 0 Å². The van der Waals surface area contributed by atoms with E-state index in [0.717, 1.165) is 25.7 Å². The molecule has 2 aromatic carbocycles. The largest absolute Gasteiger partial charge is 0.427 e. The Balaban J connectivity index is 1.74. The summed E-state index contributed by atoms with van der Waals surface area (Å²) >= 11 is 0. The molecule has 0 spiro atoms. The summed E-state index contributed by atoms with van der Waals surface area (Å²) in [5, 5.41) is 0. The minimum atomic E-state index is -0.441. The maximum atomic E-state index is 11.9. The molecule has 0 saturated carbocycles.